The third-order valence-electron chi connectivity index (χ3n) is 8.96. The van der Waals surface area contributed by atoms with Crippen molar-refractivity contribution in [2.75, 3.05) is 6.54 Å². The van der Waals surface area contributed by atoms with Gasteiger partial charge in [0.2, 0.25) is 5.91 Å². The Hall–Kier alpha value is -4.86. The topological polar surface area (TPSA) is 73.3 Å². The number of carbonyl (C=O) groups is 2. The van der Waals surface area contributed by atoms with Crippen LogP contribution in [0.1, 0.15) is 49.4 Å². The summed E-state index contributed by atoms with van der Waals surface area (Å²) in [6.45, 7) is 10.3. The Labute approximate surface area is 299 Å². The number of piperazine rings is 1. The van der Waals surface area contributed by atoms with Crippen molar-refractivity contribution >= 4 is 12.0 Å². The van der Waals surface area contributed by atoms with Crippen molar-refractivity contribution in [2.45, 2.75) is 83.1 Å². The molecule has 0 bridgehead atoms. The van der Waals surface area contributed by atoms with E-state index in [0.717, 1.165) is 22.8 Å². The van der Waals surface area contributed by atoms with E-state index in [1.165, 1.54) is 17.0 Å². The maximum absolute atomic E-state index is 14.8. The maximum atomic E-state index is 14.8. The molecule has 9 heteroatoms. The molecule has 2 amide bonds. The fourth-order valence-corrected chi connectivity index (χ4v) is 6.75. The summed E-state index contributed by atoms with van der Waals surface area (Å²) in [7, 11) is 0. The summed E-state index contributed by atoms with van der Waals surface area (Å²) in [5.41, 5.74) is 2.18. The minimum absolute atomic E-state index is 0.0216. The van der Waals surface area contributed by atoms with Gasteiger partial charge in [0.25, 0.3) is 0 Å². The van der Waals surface area contributed by atoms with Crippen LogP contribution in [0, 0.1) is 11.6 Å². The average molecular weight is 696 g/mol. The summed E-state index contributed by atoms with van der Waals surface area (Å²) >= 11 is 0. The summed E-state index contributed by atoms with van der Waals surface area (Å²) in [5, 5.41) is 12.8. The molecule has 1 aliphatic heterocycles. The molecule has 1 unspecified atom stereocenters. The first-order valence-corrected chi connectivity index (χ1v) is 17.3. The van der Waals surface area contributed by atoms with Crippen molar-refractivity contribution in [1.29, 1.82) is 0 Å². The van der Waals surface area contributed by atoms with E-state index < -0.39 is 53.5 Å². The van der Waals surface area contributed by atoms with Gasteiger partial charge < -0.3 is 14.7 Å². The Kier molecular flexibility index (Phi) is 12.4. The van der Waals surface area contributed by atoms with Crippen LogP contribution >= 0.6 is 0 Å². The Morgan fingerprint density at radius 2 is 1.39 bits per heavy atom. The van der Waals surface area contributed by atoms with Gasteiger partial charge in [0.15, 0.2) is 0 Å². The molecular weight excluding hydrogens is 648 g/mol. The molecule has 1 saturated heterocycles. The predicted octanol–water partition coefficient (Wildman–Crippen LogP) is 7.53. The van der Waals surface area contributed by atoms with Gasteiger partial charge in [-0.3, -0.25) is 14.6 Å². The molecule has 51 heavy (non-hydrogen) atoms. The second kappa shape index (κ2) is 16.9. The van der Waals surface area contributed by atoms with Gasteiger partial charge in [-0.2, -0.15) is 0 Å². The number of aliphatic hydroxyl groups excluding tert-OH is 1. The second-order valence-corrected chi connectivity index (χ2v) is 14.1. The van der Waals surface area contributed by atoms with Crippen LogP contribution in [-0.2, 0) is 35.6 Å². The lowest BCUT2D eigenvalue weighted by atomic mass is 9.89. The highest BCUT2D eigenvalue weighted by atomic mass is 19.1. The minimum Gasteiger partial charge on any atom is -0.444 e. The van der Waals surface area contributed by atoms with E-state index in [-0.39, 0.29) is 19.5 Å². The second-order valence-electron chi connectivity index (χ2n) is 14.1. The van der Waals surface area contributed by atoms with Crippen LogP contribution in [0.25, 0.3) is 0 Å². The zero-order valence-corrected chi connectivity index (χ0v) is 29.5. The van der Waals surface area contributed by atoms with Crippen molar-refractivity contribution in [3.63, 3.8) is 0 Å². The number of rotatable bonds is 13. The van der Waals surface area contributed by atoms with E-state index in [2.05, 4.69) is 6.58 Å². The lowest BCUT2D eigenvalue weighted by molar-refractivity contribution is -0.154. The van der Waals surface area contributed by atoms with E-state index in [4.69, 9.17) is 4.74 Å². The number of aliphatic hydroxyl groups is 1. The molecule has 5 rings (SSSR count). The van der Waals surface area contributed by atoms with Crippen LogP contribution < -0.4 is 0 Å². The highest BCUT2D eigenvalue weighted by Gasteiger charge is 2.50. The maximum Gasteiger partial charge on any atom is 0.411 e. The van der Waals surface area contributed by atoms with Crippen molar-refractivity contribution < 1.29 is 28.2 Å². The number of amides is 2. The first-order valence-electron chi connectivity index (χ1n) is 17.3. The van der Waals surface area contributed by atoms with Crippen LogP contribution in [-0.4, -0.2) is 68.2 Å². The average Bonchev–Trinajstić information content (AvgIpc) is 3.08. The minimum atomic E-state index is -1.52. The highest BCUT2D eigenvalue weighted by molar-refractivity contribution is 5.88. The molecule has 1 N–H and O–H groups in total. The number of nitrogens with zero attached hydrogens (tertiary/aromatic N) is 3. The lowest BCUT2D eigenvalue weighted by Gasteiger charge is -2.49. The van der Waals surface area contributed by atoms with Crippen LogP contribution in [0.3, 0.4) is 0 Å². The number of hydrogen-bond donors (Lipinski definition) is 1. The van der Waals surface area contributed by atoms with Gasteiger partial charge in [0, 0.05) is 38.3 Å². The van der Waals surface area contributed by atoms with Crippen LogP contribution in [0.15, 0.2) is 122 Å². The Morgan fingerprint density at radius 1 is 0.882 bits per heavy atom. The number of benzene rings is 4. The zero-order chi connectivity index (χ0) is 36.5. The summed E-state index contributed by atoms with van der Waals surface area (Å²) < 4.78 is 35.2. The first kappa shape index (κ1) is 37.4. The summed E-state index contributed by atoms with van der Waals surface area (Å²) in [5.74, 6) is -1.95. The van der Waals surface area contributed by atoms with Crippen molar-refractivity contribution in [3.05, 3.63) is 156 Å². The van der Waals surface area contributed by atoms with Crippen molar-refractivity contribution in [1.82, 2.24) is 14.7 Å². The largest absolute Gasteiger partial charge is 0.444 e. The summed E-state index contributed by atoms with van der Waals surface area (Å²) in [4.78, 5) is 33.9. The molecule has 4 aromatic rings. The first-order chi connectivity index (χ1) is 24.4. The van der Waals surface area contributed by atoms with Crippen LogP contribution in [0.2, 0.25) is 0 Å². The molecule has 4 aromatic carbocycles. The summed E-state index contributed by atoms with van der Waals surface area (Å²) in [6.07, 6.45) is -0.259. The molecule has 4 atom stereocenters. The third kappa shape index (κ3) is 10.1. The van der Waals surface area contributed by atoms with Crippen molar-refractivity contribution in [3.8, 4) is 0 Å². The van der Waals surface area contributed by atoms with E-state index in [1.807, 2.05) is 95.9 Å². The van der Waals surface area contributed by atoms with E-state index in [0.29, 0.717) is 25.1 Å². The standard InChI is InChI=1S/C42H47F2N3O4/c1-5-15-36-29-46(28-32-20-13-8-14-21-32)40(49)38(47(36)41(50)51-42(2,3)4)39(48)37(24-33-22-34(43)25-35(44)23-33)45(26-30-16-9-6-10-17-30)27-31-18-11-7-12-19-31/h5-14,16-23,25,36-39,48H,1,15,24,26-29H2,2-4H3/t36-,37+,38?,39-/m0/s1. The molecule has 268 valence electrons. The van der Waals surface area contributed by atoms with E-state index >= 15 is 0 Å². The van der Waals surface area contributed by atoms with Gasteiger partial charge in [-0.05, 0) is 68.0 Å². The van der Waals surface area contributed by atoms with Gasteiger partial charge in [-0.1, -0.05) is 97.1 Å². The molecular formula is C42H47F2N3O4. The normalized spacial score (nSPS) is 17.7. The molecule has 0 aliphatic carbocycles. The molecule has 0 saturated carbocycles. The molecule has 1 heterocycles. The molecule has 1 aliphatic rings. The van der Waals surface area contributed by atoms with Gasteiger partial charge >= 0.3 is 6.09 Å². The van der Waals surface area contributed by atoms with Crippen LogP contribution in [0.5, 0.6) is 0 Å². The van der Waals surface area contributed by atoms with Crippen molar-refractivity contribution in [2.24, 2.45) is 0 Å². The third-order valence-corrected chi connectivity index (χ3v) is 8.96. The number of ether oxygens (including phenoxy) is 1. The van der Waals surface area contributed by atoms with Gasteiger partial charge in [0.05, 0.1) is 12.1 Å². The smallest absolute Gasteiger partial charge is 0.411 e. The molecule has 0 aromatic heterocycles. The quantitative estimate of drug-likeness (QED) is 0.147. The fourth-order valence-electron chi connectivity index (χ4n) is 6.75. The number of carbonyl (C=O) groups excluding carboxylic acids is 2. The van der Waals surface area contributed by atoms with Gasteiger partial charge in [-0.25, -0.2) is 13.6 Å². The molecule has 7 nitrogen and oxygen atoms in total. The Morgan fingerprint density at radius 3 is 1.88 bits per heavy atom. The Bertz CT molecular complexity index is 1690. The fraction of sp³-hybridized carbons (Fsp3) is 0.333. The van der Waals surface area contributed by atoms with Crippen LogP contribution in [0.4, 0.5) is 13.6 Å². The van der Waals surface area contributed by atoms with Gasteiger partial charge in [-0.15, -0.1) is 6.58 Å². The zero-order valence-electron chi connectivity index (χ0n) is 29.5. The number of hydrogen-bond acceptors (Lipinski definition) is 5. The predicted molar refractivity (Wildman–Crippen MR) is 194 cm³/mol. The number of halogens is 2. The molecule has 0 radical (unpaired) electrons. The Balaban J connectivity index is 1.65. The molecule has 1 fully saturated rings. The molecule has 0 spiro atoms. The van der Waals surface area contributed by atoms with Gasteiger partial charge in [0.1, 0.15) is 23.3 Å². The lowest BCUT2D eigenvalue weighted by Crippen LogP contribution is -2.69. The monoisotopic (exact) mass is 695 g/mol. The van der Waals surface area contributed by atoms with E-state index in [9.17, 15) is 23.5 Å². The summed E-state index contributed by atoms with van der Waals surface area (Å²) in [6, 6.07) is 29.3. The van der Waals surface area contributed by atoms with E-state index in [1.54, 1.807) is 31.7 Å². The SMILES string of the molecule is C=CC[C@H]1CN(Cc2ccccc2)C(=O)C([C@@H](O)[C@@H](Cc2cc(F)cc(F)c2)N(Cc2ccccc2)Cc2ccccc2)N1C(=O)OC(C)(C)C. The highest BCUT2D eigenvalue weighted by Crippen LogP contribution is 2.31.